The van der Waals surface area contributed by atoms with Gasteiger partial charge in [-0.05, 0) is 63.1 Å². The molecule has 172 valence electrons. The van der Waals surface area contributed by atoms with Crippen LogP contribution in [0.4, 0.5) is 0 Å². The van der Waals surface area contributed by atoms with E-state index in [4.69, 9.17) is 0 Å². The number of rotatable bonds is 8. The van der Waals surface area contributed by atoms with Gasteiger partial charge in [0, 0.05) is 50.4 Å². The summed E-state index contributed by atoms with van der Waals surface area (Å²) >= 11 is 0. The molecule has 1 N–H and O–H groups in total. The number of carbonyl (C=O) groups excluding carboxylic acids is 1. The first-order valence-corrected chi connectivity index (χ1v) is 11.7. The SMILES string of the molecule is C=CCN1C[C@H](C)N([C@@H](c2ccc(C(=O)N(CC)CC)cc2)c2cccc(O)c2)C[C@H]1C. The monoisotopic (exact) mass is 435 g/mol. The van der Waals surface area contributed by atoms with Gasteiger partial charge in [-0.1, -0.05) is 30.3 Å². The largest absolute Gasteiger partial charge is 0.508 e. The smallest absolute Gasteiger partial charge is 0.253 e. The van der Waals surface area contributed by atoms with E-state index in [-0.39, 0.29) is 17.7 Å². The van der Waals surface area contributed by atoms with Crippen molar-refractivity contribution < 1.29 is 9.90 Å². The van der Waals surface area contributed by atoms with Crippen molar-refractivity contribution in [3.05, 3.63) is 77.9 Å². The molecule has 1 amide bonds. The van der Waals surface area contributed by atoms with Crippen molar-refractivity contribution in [1.29, 1.82) is 0 Å². The Bertz CT molecular complexity index is 907. The van der Waals surface area contributed by atoms with Gasteiger partial charge in [0.15, 0.2) is 0 Å². The summed E-state index contributed by atoms with van der Waals surface area (Å²) in [5, 5.41) is 10.2. The fourth-order valence-electron chi connectivity index (χ4n) is 4.78. The maximum absolute atomic E-state index is 12.8. The van der Waals surface area contributed by atoms with Gasteiger partial charge in [0.05, 0.1) is 6.04 Å². The minimum atomic E-state index is 0.00281. The van der Waals surface area contributed by atoms with Crippen LogP contribution in [-0.4, -0.2) is 70.5 Å². The average molecular weight is 436 g/mol. The zero-order chi connectivity index (χ0) is 23.3. The second-order valence-electron chi connectivity index (χ2n) is 8.73. The van der Waals surface area contributed by atoms with E-state index in [9.17, 15) is 9.90 Å². The van der Waals surface area contributed by atoms with Crippen LogP contribution >= 0.6 is 0 Å². The molecule has 0 bridgehead atoms. The molecule has 0 radical (unpaired) electrons. The minimum Gasteiger partial charge on any atom is -0.508 e. The lowest BCUT2D eigenvalue weighted by Gasteiger charge is -2.47. The summed E-state index contributed by atoms with van der Waals surface area (Å²) < 4.78 is 0. The van der Waals surface area contributed by atoms with Gasteiger partial charge in [-0.25, -0.2) is 0 Å². The number of hydrogen-bond acceptors (Lipinski definition) is 4. The maximum atomic E-state index is 12.8. The number of hydrogen-bond donors (Lipinski definition) is 1. The van der Waals surface area contributed by atoms with Crippen molar-refractivity contribution >= 4 is 5.91 Å². The van der Waals surface area contributed by atoms with Crippen LogP contribution in [0.15, 0.2) is 61.2 Å². The van der Waals surface area contributed by atoms with E-state index >= 15 is 0 Å². The maximum Gasteiger partial charge on any atom is 0.253 e. The van der Waals surface area contributed by atoms with Crippen LogP contribution in [0.1, 0.15) is 55.2 Å². The van der Waals surface area contributed by atoms with Crippen molar-refractivity contribution in [1.82, 2.24) is 14.7 Å². The lowest BCUT2D eigenvalue weighted by atomic mass is 9.92. The van der Waals surface area contributed by atoms with E-state index in [0.717, 1.165) is 30.8 Å². The minimum absolute atomic E-state index is 0.00281. The van der Waals surface area contributed by atoms with Crippen LogP contribution in [0.2, 0.25) is 0 Å². The first-order chi connectivity index (χ1) is 15.4. The summed E-state index contributed by atoms with van der Waals surface area (Å²) in [6.07, 6.45) is 1.97. The lowest BCUT2D eigenvalue weighted by molar-refractivity contribution is 0.0306. The zero-order valence-electron chi connectivity index (χ0n) is 19.9. The average Bonchev–Trinajstić information content (AvgIpc) is 2.78. The highest BCUT2D eigenvalue weighted by molar-refractivity contribution is 5.94. The molecule has 1 aliphatic heterocycles. The molecule has 3 rings (SSSR count). The predicted octanol–water partition coefficient (Wildman–Crippen LogP) is 4.54. The first-order valence-electron chi connectivity index (χ1n) is 11.7. The molecule has 3 atom stereocenters. The van der Waals surface area contributed by atoms with Gasteiger partial charge in [-0.15, -0.1) is 6.58 Å². The Balaban J connectivity index is 1.96. The number of amides is 1. The summed E-state index contributed by atoms with van der Waals surface area (Å²) in [4.78, 5) is 19.6. The van der Waals surface area contributed by atoms with Crippen LogP contribution < -0.4 is 0 Å². The third kappa shape index (κ3) is 5.22. The zero-order valence-corrected chi connectivity index (χ0v) is 19.9. The Morgan fingerprint density at radius 2 is 1.78 bits per heavy atom. The lowest BCUT2D eigenvalue weighted by Crippen LogP contribution is -2.57. The van der Waals surface area contributed by atoms with E-state index in [1.807, 2.05) is 49.1 Å². The third-order valence-corrected chi connectivity index (χ3v) is 6.57. The highest BCUT2D eigenvalue weighted by Gasteiger charge is 2.34. The second kappa shape index (κ2) is 10.8. The van der Waals surface area contributed by atoms with Crippen molar-refractivity contribution in [2.45, 2.75) is 45.8 Å². The molecule has 0 unspecified atom stereocenters. The fraction of sp³-hybridized carbons (Fsp3) is 0.444. The standard InChI is InChI=1S/C27H37N3O2/c1-6-16-29-18-21(5)30(19-20(29)4)26(24-10-9-11-25(31)17-24)22-12-14-23(15-13-22)27(32)28(7-2)8-3/h6,9-15,17,20-21,26,31H,1,7-8,16,18-19H2,2-5H3/t20-,21+,26+/m1/s1. The van der Waals surface area contributed by atoms with Gasteiger partial charge in [0.1, 0.15) is 5.75 Å². The number of phenols is 1. The third-order valence-electron chi connectivity index (χ3n) is 6.57. The van der Waals surface area contributed by atoms with Gasteiger partial charge in [0.2, 0.25) is 0 Å². The topological polar surface area (TPSA) is 47.0 Å². The molecular formula is C27H37N3O2. The number of nitrogens with zero attached hydrogens (tertiary/aromatic N) is 3. The van der Waals surface area contributed by atoms with Gasteiger partial charge < -0.3 is 10.0 Å². The number of benzene rings is 2. The van der Waals surface area contributed by atoms with Crippen LogP contribution in [0.25, 0.3) is 0 Å². The van der Waals surface area contributed by atoms with Crippen molar-refractivity contribution in [3.8, 4) is 5.75 Å². The highest BCUT2D eigenvalue weighted by atomic mass is 16.3. The van der Waals surface area contributed by atoms with Gasteiger partial charge >= 0.3 is 0 Å². The Kier molecular flexibility index (Phi) is 8.10. The van der Waals surface area contributed by atoms with E-state index in [0.29, 0.717) is 30.7 Å². The first kappa shape index (κ1) is 24.0. The molecule has 0 aliphatic carbocycles. The van der Waals surface area contributed by atoms with Gasteiger partial charge in [-0.3, -0.25) is 14.6 Å². The van der Waals surface area contributed by atoms with E-state index in [2.05, 4.69) is 48.4 Å². The fourth-order valence-corrected chi connectivity index (χ4v) is 4.78. The molecule has 0 saturated carbocycles. The van der Waals surface area contributed by atoms with Gasteiger partial charge in [0.25, 0.3) is 5.91 Å². The Labute approximate surface area is 193 Å². The molecule has 1 fully saturated rings. The van der Waals surface area contributed by atoms with E-state index < -0.39 is 0 Å². The molecule has 2 aromatic carbocycles. The number of phenolic OH excluding ortho intramolecular Hbond substituents is 1. The Hall–Kier alpha value is -2.63. The molecule has 5 heteroatoms. The van der Waals surface area contributed by atoms with Crippen molar-refractivity contribution in [2.75, 3.05) is 32.7 Å². The second-order valence-corrected chi connectivity index (χ2v) is 8.73. The summed E-state index contributed by atoms with van der Waals surface area (Å²) in [5.41, 5.74) is 2.90. The van der Waals surface area contributed by atoms with Gasteiger partial charge in [-0.2, -0.15) is 0 Å². The van der Waals surface area contributed by atoms with Crippen LogP contribution in [0.5, 0.6) is 5.75 Å². The summed E-state index contributed by atoms with van der Waals surface area (Å²) in [6, 6.07) is 16.3. The Morgan fingerprint density at radius 3 is 2.38 bits per heavy atom. The van der Waals surface area contributed by atoms with Crippen LogP contribution in [0.3, 0.4) is 0 Å². The van der Waals surface area contributed by atoms with Crippen molar-refractivity contribution in [2.24, 2.45) is 0 Å². The summed E-state index contributed by atoms with van der Waals surface area (Å²) in [7, 11) is 0. The van der Waals surface area contributed by atoms with Crippen LogP contribution in [0, 0.1) is 0 Å². The molecule has 5 nitrogen and oxygen atoms in total. The van der Waals surface area contributed by atoms with Crippen LogP contribution in [-0.2, 0) is 0 Å². The van der Waals surface area contributed by atoms with E-state index in [1.54, 1.807) is 6.07 Å². The molecule has 1 heterocycles. The molecule has 2 aromatic rings. The quantitative estimate of drug-likeness (QED) is 0.618. The molecule has 0 spiro atoms. The molecular weight excluding hydrogens is 398 g/mol. The Morgan fingerprint density at radius 1 is 1.09 bits per heavy atom. The van der Waals surface area contributed by atoms with Crippen molar-refractivity contribution in [3.63, 3.8) is 0 Å². The molecule has 32 heavy (non-hydrogen) atoms. The highest BCUT2D eigenvalue weighted by Crippen LogP contribution is 2.34. The number of piperazine rings is 1. The summed E-state index contributed by atoms with van der Waals surface area (Å²) in [6.45, 7) is 16.6. The van der Waals surface area contributed by atoms with E-state index in [1.165, 1.54) is 0 Å². The number of aromatic hydroxyl groups is 1. The summed E-state index contributed by atoms with van der Waals surface area (Å²) in [5.74, 6) is 0.335. The molecule has 1 aliphatic rings. The molecule has 0 aromatic heterocycles. The number of carbonyl (C=O) groups is 1. The predicted molar refractivity (Wildman–Crippen MR) is 131 cm³/mol. The molecule has 1 saturated heterocycles. The normalized spacial score (nSPS) is 20.6.